The second kappa shape index (κ2) is 4.75. The van der Waals surface area contributed by atoms with E-state index < -0.39 is 0 Å². The van der Waals surface area contributed by atoms with Crippen LogP contribution < -0.4 is 0 Å². The largest absolute Gasteiger partial charge is 0.256 e. The summed E-state index contributed by atoms with van der Waals surface area (Å²) < 4.78 is 0. The van der Waals surface area contributed by atoms with Crippen LogP contribution in [-0.2, 0) is 0 Å². The van der Waals surface area contributed by atoms with Crippen LogP contribution >= 0.6 is 0 Å². The first-order chi connectivity index (χ1) is 7.83. The van der Waals surface area contributed by atoms with Crippen molar-refractivity contribution < 1.29 is 0 Å². The van der Waals surface area contributed by atoms with Crippen molar-refractivity contribution in [2.24, 2.45) is 0 Å². The maximum absolute atomic E-state index is 4.48. The van der Waals surface area contributed by atoms with Gasteiger partial charge in [0.2, 0.25) is 0 Å². The number of rotatable bonds is 2. The molecular formula is C15H15N. The molecule has 1 nitrogen and oxygen atoms in total. The van der Waals surface area contributed by atoms with Gasteiger partial charge in [0, 0.05) is 17.3 Å². The molecule has 0 fully saturated rings. The highest BCUT2D eigenvalue weighted by atomic mass is 14.7. The predicted molar refractivity (Wildman–Crippen MR) is 69.1 cm³/mol. The Labute approximate surface area is 96.5 Å². The lowest BCUT2D eigenvalue weighted by Gasteiger charge is -2.07. The summed E-state index contributed by atoms with van der Waals surface area (Å²) in [6, 6.07) is 12.3. The average Bonchev–Trinajstić information content (AvgIpc) is 2.33. The van der Waals surface area contributed by atoms with E-state index in [9.17, 15) is 0 Å². The fourth-order valence-corrected chi connectivity index (χ4v) is 1.77. The van der Waals surface area contributed by atoms with Gasteiger partial charge in [0.15, 0.2) is 0 Å². The van der Waals surface area contributed by atoms with Gasteiger partial charge < -0.3 is 0 Å². The van der Waals surface area contributed by atoms with Crippen molar-refractivity contribution in [2.75, 3.05) is 0 Å². The maximum atomic E-state index is 4.48. The zero-order valence-electron chi connectivity index (χ0n) is 9.64. The van der Waals surface area contributed by atoms with Crippen LogP contribution in [0, 0.1) is 6.92 Å². The number of allylic oxidation sites excluding steroid dienone is 1. The van der Waals surface area contributed by atoms with Crippen LogP contribution in [0.4, 0.5) is 0 Å². The fraction of sp³-hybridized carbons (Fsp3) is 0.133. The molecule has 0 saturated heterocycles. The van der Waals surface area contributed by atoms with Gasteiger partial charge in [0.25, 0.3) is 0 Å². The van der Waals surface area contributed by atoms with E-state index in [-0.39, 0.29) is 0 Å². The van der Waals surface area contributed by atoms with Crippen LogP contribution in [0.2, 0.25) is 0 Å². The summed E-state index contributed by atoms with van der Waals surface area (Å²) in [5, 5.41) is 0. The Hall–Kier alpha value is -1.89. The maximum Gasteiger partial charge on any atom is 0.0776 e. The van der Waals surface area contributed by atoms with Gasteiger partial charge in [-0.15, -0.1) is 0 Å². The van der Waals surface area contributed by atoms with E-state index in [1.165, 1.54) is 16.7 Å². The van der Waals surface area contributed by atoms with Gasteiger partial charge in [-0.2, -0.15) is 0 Å². The smallest absolute Gasteiger partial charge is 0.0776 e. The molecule has 0 N–H and O–H groups in total. The summed E-state index contributed by atoms with van der Waals surface area (Å²) in [6.07, 6.45) is 6.03. The summed E-state index contributed by atoms with van der Waals surface area (Å²) >= 11 is 0. The number of aryl methyl sites for hydroxylation is 1. The highest BCUT2D eigenvalue weighted by Gasteiger charge is 2.05. The van der Waals surface area contributed by atoms with E-state index in [1.807, 2.05) is 37.4 Å². The molecule has 80 valence electrons. The molecule has 0 atom stereocenters. The van der Waals surface area contributed by atoms with Gasteiger partial charge in [-0.05, 0) is 25.5 Å². The molecule has 0 aliphatic heterocycles. The number of hydrogen-bond acceptors (Lipinski definition) is 1. The van der Waals surface area contributed by atoms with Crippen molar-refractivity contribution in [1.29, 1.82) is 0 Å². The minimum absolute atomic E-state index is 1.05. The van der Waals surface area contributed by atoms with E-state index in [0.717, 1.165) is 5.69 Å². The monoisotopic (exact) mass is 209 g/mol. The van der Waals surface area contributed by atoms with E-state index >= 15 is 0 Å². The molecule has 0 radical (unpaired) electrons. The van der Waals surface area contributed by atoms with Crippen LogP contribution in [0.25, 0.3) is 17.3 Å². The van der Waals surface area contributed by atoms with Crippen molar-refractivity contribution in [1.82, 2.24) is 4.98 Å². The Morgan fingerprint density at radius 2 is 1.81 bits per heavy atom. The second-order valence-electron chi connectivity index (χ2n) is 3.76. The Morgan fingerprint density at radius 1 is 1.06 bits per heavy atom. The molecule has 0 unspecified atom stereocenters. The minimum Gasteiger partial charge on any atom is -0.256 e. The van der Waals surface area contributed by atoms with E-state index in [4.69, 9.17) is 0 Å². The Kier molecular flexibility index (Phi) is 3.16. The SMILES string of the molecule is C/C=C\c1c(C)ccnc1-c1ccccc1. The van der Waals surface area contributed by atoms with Crippen molar-refractivity contribution >= 4 is 6.08 Å². The van der Waals surface area contributed by atoms with Gasteiger partial charge in [-0.1, -0.05) is 42.5 Å². The van der Waals surface area contributed by atoms with Gasteiger partial charge in [0.1, 0.15) is 0 Å². The van der Waals surface area contributed by atoms with Crippen LogP contribution in [-0.4, -0.2) is 4.98 Å². The Balaban J connectivity index is 2.61. The van der Waals surface area contributed by atoms with Crippen molar-refractivity contribution in [3.63, 3.8) is 0 Å². The second-order valence-corrected chi connectivity index (χ2v) is 3.76. The van der Waals surface area contributed by atoms with Crippen LogP contribution in [0.5, 0.6) is 0 Å². The molecule has 2 aromatic rings. The molecule has 0 aliphatic rings. The summed E-state index contributed by atoms with van der Waals surface area (Å²) in [6.45, 7) is 4.14. The van der Waals surface area contributed by atoms with E-state index in [1.54, 1.807) is 0 Å². The fourth-order valence-electron chi connectivity index (χ4n) is 1.77. The molecule has 0 saturated carbocycles. The molecule has 0 spiro atoms. The molecule has 1 aromatic heterocycles. The molecule has 1 heteroatoms. The molecule has 0 aliphatic carbocycles. The first-order valence-corrected chi connectivity index (χ1v) is 5.46. The third kappa shape index (κ3) is 2.03. The lowest BCUT2D eigenvalue weighted by atomic mass is 10.0. The van der Waals surface area contributed by atoms with E-state index in [2.05, 4.69) is 36.2 Å². The summed E-state index contributed by atoms with van der Waals surface area (Å²) in [4.78, 5) is 4.48. The normalized spacial score (nSPS) is 10.9. The highest BCUT2D eigenvalue weighted by molar-refractivity contribution is 5.73. The number of benzene rings is 1. The summed E-state index contributed by atoms with van der Waals surface area (Å²) in [5.41, 5.74) is 4.68. The molecule has 1 aromatic carbocycles. The van der Waals surface area contributed by atoms with Gasteiger partial charge >= 0.3 is 0 Å². The van der Waals surface area contributed by atoms with Crippen LogP contribution in [0.15, 0.2) is 48.7 Å². The minimum atomic E-state index is 1.05. The molecule has 2 rings (SSSR count). The van der Waals surface area contributed by atoms with Crippen molar-refractivity contribution in [3.05, 3.63) is 59.8 Å². The molecule has 0 bridgehead atoms. The third-order valence-electron chi connectivity index (χ3n) is 2.59. The highest BCUT2D eigenvalue weighted by Crippen LogP contribution is 2.24. The lowest BCUT2D eigenvalue weighted by molar-refractivity contribution is 1.27. The van der Waals surface area contributed by atoms with Crippen LogP contribution in [0.3, 0.4) is 0 Å². The standard InChI is InChI=1S/C15H15N/c1-3-7-14-12(2)10-11-16-15(14)13-8-5-4-6-9-13/h3-11H,1-2H3/b7-3-. The average molecular weight is 209 g/mol. The first kappa shape index (κ1) is 10.6. The van der Waals surface area contributed by atoms with Crippen molar-refractivity contribution in [3.8, 4) is 11.3 Å². The van der Waals surface area contributed by atoms with Gasteiger partial charge in [0.05, 0.1) is 5.69 Å². The third-order valence-corrected chi connectivity index (χ3v) is 2.59. The number of nitrogens with zero attached hydrogens (tertiary/aromatic N) is 1. The zero-order valence-corrected chi connectivity index (χ0v) is 9.64. The topological polar surface area (TPSA) is 12.9 Å². The Morgan fingerprint density at radius 3 is 2.50 bits per heavy atom. The van der Waals surface area contributed by atoms with Gasteiger partial charge in [-0.3, -0.25) is 4.98 Å². The molecule has 1 heterocycles. The quantitative estimate of drug-likeness (QED) is 0.726. The summed E-state index contributed by atoms with van der Waals surface area (Å²) in [7, 11) is 0. The lowest BCUT2D eigenvalue weighted by Crippen LogP contribution is -1.90. The Bertz CT molecular complexity index is 498. The van der Waals surface area contributed by atoms with Crippen LogP contribution in [0.1, 0.15) is 18.1 Å². The zero-order chi connectivity index (χ0) is 11.4. The molecular weight excluding hydrogens is 194 g/mol. The van der Waals surface area contributed by atoms with Crippen molar-refractivity contribution in [2.45, 2.75) is 13.8 Å². The summed E-state index contributed by atoms with van der Waals surface area (Å²) in [5.74, 6) is 0. The molecule has 0 amide bonds. The van der Waals surface area contributed by atoms with E-state index in [0.29, 0.717) is 0 Å². The number of hydrogen-bond donors (Lipinski definition) is 0. The van der Waals surface area contributed by atoms with Gasteiger partial charge in [-0.25, -0.2) is 0 Å². The predicted octanol–water partition coefficient (Wildman–Crippen LogP) is 4.09. The number of pyridine rings is 1. The first-order valence-electron chi connectivity index (χ1n) is 5.46. The number of aromatic nitrogens is 1. The molecule has 16 heavy (non-hydrogen) atoms.